The van der Waals surface area contributed by atoms with Crippen LogP contribution in [-0.4, -0.2) is 41.4 Å². The Morgan fingerprint density at radius 3 is 2.62 bits per heavy atom. The van der Waals surface area contributed by atoms with Crippen LogP contribution >= 0.6 is 0 Å². The van der Waals surface area contributed by atoms with Crippen LogP contribution in [0.1, 0.15) is 25.7 Å². The van der Waals surface area contributed by atoms with Gasteiger partial charge in [-0.15, -0.1) is 0 Å². The van der Waals surface area contributed by atoms with Crippen LogP contribution in [-0.2, 0) is 9.47 Å². The number of rotatable bonds is 0. The monoisotopic (exact) mass is 188 g/mol. The van der Waals surface area contributed by atoms with Crippen molar-refractivity contribution in [2.75, 3.05) is 13.2 Å². The van der Waals surface area contributed by atoms with Gasteiger partial charge in [0.2, 0.25) is 0 Å². The molecule has 0 saturated carbocycles. The summed E-state index contributed by atoms with van der Waals surface area (Å²) in [6, 6.07) is 0. The van der Waals surface area contributed by atoms with Gasteiger partial charge in [0.05, 0.1) is 19.3 Å². The molecule has 2 fully saturated rings. The van der Waals surface area contributed by atoms with Crippen LogP contribution in [0.5, 0.6) is 0 Å². The minimum absolute atomic E-state index is 0.275. The van der Waals surface area contributed by atoms with E-state index in [0.717, 1.165) is 19.3 Å². The highest BCUT2D eigenvalue weighted by Gasteiger charge is 2.45. The largest absolute Gasteiger partial charge is 0.391 e. The summed E-state index contributed by atoms with van der Waals surface area (Å²) in [5, 5.41) is 19.0. The van der Waals surface area contributed by atoms with Crippen LogP contribution in [0.25, 0.3) is 0 Å². The Kier molecular flexibility index (Phi) is 2.55. The molecule has 4 heteroatoms. The molecule has 0 bridgehead atoms. The SMILES string of the molecule is O[C@@H]1CO[C@]2(CCCCO2)[C@H](O)C1. The molecule has 2 rings (SSSR count). The van der Waals surface area contributed by atoms with E-state index in [1.165, 1.54) is 0 Å². The van der Waals surface area contributed by atoms with Gasteiger partial charge < -0.3 is 19.7 Å². The maximum Gasteiger partial charge on any atom is 0.194 e. The fourth-order valence-electron chi connectivity index (χ4n) is 2.01. The van der Waals surface area contributed by atoms with Gasteiger partial charge in [-0.05, 0) is 12.8 Å². The van der Waals surface area contributed by atoms with Crippen molar-refractivity contribution in [1.29, 1.82) is 0 Å². The van der Waals surface area contributed by atoms with Crippen molar-refractivity contribution in [2.24, 2.45) is 0 Å². The van der Waals surface area contributed by atoms with Gasteiger partial charge in [-0.25, -0.2) is 0 Å². The third-order valence-corrected chi connectivity index (χ3v) is 2.79. The Labute approximate surface area is 77.5 Å². The van der Waals surface area contributed by atoms with Crippen LogP contribution in [0.3, 0.4) is 0 Å². The molecule has 0 unspecified atom stereocenters. The molecule has 4 nitrogen and oxygen atoms in total. The lowest BCUT2D eigenvalue weighted by atomic mass is 9.93. The highest BCUT2D eigenvalue weighted by atomic mass is 16.7. The zero-order chi connectivity index (χ0) is 9.31. The molecule has 2 N–H and O–H groups in total. The van der Waals surface area contributed by atoms with Crippen LogP contribution in [0.15, 0.2) is 0 Å². The minimum Gasteiger partial charge on any atom is -0.391 e. The Morgan fingerprint density at radius 1 is 1.15 bits per heavy atom. The van der Waals surface area contributed by atoms with Gasteiger partial charge in [-0.1, -0.05) is 0 Å². The van der Waals surface area contributed by atoms with E-state index in [2.05, 4.69) is 0 Å². The summed E-state index contributed by atoms with van der Waals surface area (Å²) in [6.45, 7) is 0.921. The number of aliphatic hydroxyl groups excluding tert-OH is 2. The molecule has 1 spiro atoms. The second kappa shape index (κ2) is 3.53. The lowest BCUT2D eigenvalue weighted by molar-refractivity contribution is -0.327. The van der Waals surface area contributed by atoms with Gasteiger partial charge in [0.15, 0.2) is 5.79 Å². The van der Waals surface area contributed by atoms with Crippen LogP contribution < -0.4 is 0 Å². The van der Waals surface area contributed by atoms with Gasteiger partial charge in [0.25, 0.3) is 0 Å². The summed E-state index contributed by atoms with van der Waals surface area (Å²) >= 11 is 0. The highest BCUT2D eigenvalue weighted by molar-refractivity contribution is 4.87. The van der Waals surface area contributed by atoms with Crippen LogP contribution in [0.2, 0.25) is 0 Å². The first-order valence-electron chi connectivity index (χ1n) is 4.87. The predicted octanol–water partition coefficient (Wildman–Crippen LogP) is 0.0253. The molecule has 2 heterocycles. The Bertz CT molecular complexity index is 176. The smallest absolute Gasteiger partial charge is 0.194 e. The van der Waals surface area contributed by atoms with Gasteiger partial charge in [0.1, 0.15) is 6.10 Å². The van der Waals surface area contributed by atoms with E-state index in [1.807, 2.05) is 0 Å². The lowest BCUT2D eigenvalue weighted by Gasteiger charge is -2.44. The molecule has 0 aromatic rings. The van der Waals surface area contributed by atoms with Gasteiger partial charge in [-0.2, -0.15) is 0 Å². The Balaban J connectivity index is 2.03. The fourth-order valence-corrected chi connectivity index (χ4v) is 2.01. The molecule has 3 atom stereocenters. The number of hydrogen-bond acceptors (Lipinski definition) is 4. The molecule has 0 aromatic heterocycles. The van der Waals surface area contributed by atoms with Crippen molar-refractivity contribution < 1.29 is 19.7 Å². The van der Waals surface area contributed by atoms with Crippen LogP contribution in [0.4, 0.5) is 0 Å². The van der Waals surface area contributed by atoms with Crippen molar-refractivity contribution in [1.82, 2.24) is 0 Å². The topological polar surface area (TPSA) is 58.9 Å². The molecule has 2 aliphatic heterocycles. The summed E-state index contributed by atoms with van der Waals surface area (Å²) < 4.78 is 10.9. The Hall–Kier alpha value is -0.160. The molecular weight excluding hydrogens is 172 g/mol. The first-order chi connectivity index (χ1) is 6.23. The highest BCUT2D eigenvalue weighted by Crippen LogP contribution is 2.34. The van der Waals surface area contributed by atoms with E-state index < -0.39 is 18.0 Å². The third-order valence-electron chi connectivity index (χ3n) is 2.79. The molecule has 2 aliphatic rings. The lowest BCUT2D eigenvalue weighted by Crippen LogP contribution is -2.55. The number of aliphatic hydroxyl groups is 2. The van der Waals surface area contributed by atoms with E-state index in [9.17, 15) is 10.2 Å². The minimum atomic E-state index is -0.808. The molecule has 0 aliphatic carbocycles. The molecule has 0 radical (unpaired) electrons. The first kappa shape index (κ1) is 9.40. The average Bonchev–Trinajstić information content (AvgIpc) is 2.14. The summed E-state index contributed by atoms with van der Waals surface area (Å²) in [5.41, 5.74) is 0. The predicted molar refractivity (Wildman–Crippen MR) is 45.1 cm³/mol. The fraction of sp³-hybridized carbons (Fsp3) is 1.00. The number of ether oxygens (including phenoxy) is 2. The standard InChI is InChI=1S/C9H16O4/c10-7-5-8(11)9(13-6-7)3-1-2-4-12-9/h7-8,10-11H,1-6H2/t7-,8+,9+/m0/s1. The van der Waals surface area contributed by atoms with E-state index in [-0.39, 0.29) is 6.61 Å². The van der Waals surface area contributed by atoms with Crippen molar-refractivity contribution in [2.45, 2.75) is 43.7 Å². The molecule has 0 amide bonds. The summed E-state index contributed by atoms with van der Waals surface area (Å²) in [4.78, 5) is 0. The normalized spacial score (nSPS) is 46.6. The van der Waals surface area contributed by atoms with Crippen LogP contribution in [0, 0.1) is 0 Å². The molecular formula is C9H16O4. The molecule has 2 saturated heterocycles. The van der Waals surface area contributed by atoms with Gasteiger partial charge in [0, 0.05) is 12.8 Å². The van der Waals surface area contributed by atoms with Crippen molar-refractivity contribution >= 4 is 0 Å². The second-order valence-corrected chi connectivity index (χ2v) is 3.83. The van der Waals surface area contributed by atoms with Crippen molar-refractivity contribution in [3.63, 3.8) is 0 Å². The maximum atomic E-state index is 9.74. The van der Waals surface area contributed by atoms with Gasteiger partial charge >= 0.3 is 0 Å². The third kappa shape index (κ3) is 1.72. The molecule has 13 heavy (non-hydrogen) atoms. The molecule has 76 valence electrons. The summed E-state index contributed by atoms with van der Waals surface area (Å²) in [6.07, 6.45) is 1.91. The Morgan fingerprint density at radius 2 is 2.00 bits per heavy atom. The second-order valence-electron chi connectivity index (χ2n) is 3.83. The zero-order valence-electron chi connectivity index (χ0n) is 7.61. The van der Waals surface area contributed by atoms with Crippen molar-refractivity contribution in [3.05, 3.63) is 0 Å². The summed E-state index contributed by atoms with van der Waals surface area (Å²) in [5.74, 6) is -0.808. The van der Waals surface area contributed by atoms with E-state index in [1.54, 1.807) is 0 Å². The quantitative estimate of drug-likeness (QED) is 0.563. The van der Waals surface area contributed by atoms with E-state index in [4.69, 9.17) is 9.47 Å². The van der Waals surface area contributed by atoms with Crippen molar-refractivity contribution in [3.8, 4) is 0 Å². The number of hydrogen-bond donors (Lipinski definition) is 2. The summed E-state index contributed by atoms with van der Waals surface area (Å²) in [7, 11) is 0. The zero-order valence-corrected chi connectivity index (χ0v) is 7.61. The average molecular weight is 188 g/mol. The molecule has 0 aromatic carbocycles. The van der Waals surface area contributed by atoms with Gasteiger partial charge in [-0.3, -0.25) is 0 Å². The maximum absolute atomic E-state index is 9.74. The van der Waals surface area contributed by atoms with E-state index in [0.29, 0.717) is 13.0 Å². The van der Waals surface area contributed by atoms with E-state index >= 15 is 0 Å². The first-order valence-corrected chi connectivity index (χ1v) is 4.87.